The molecule has 8 nitrogen and oxygen atoms in total. The highest BCUT2D eigenvalue weighted by molar-refractivity contribution is 9.10. The van der Waals surface area contributed by atoms with Crippen LogP contribution >= 0.6 is 27.7 Å². The lowest BCUT2D eigenvalue weighted by atomic mass is 10.1. The molecule has 2 amide bonds. The first-order chi connectivity index (χ1) is 19.9. The van der Waals surface area contributed by atoms with Crippen LogP contribution in [0.25, 0.3) is 17.1 Å². The van der Waals surface area contributed by atoms with Gasteiger partial charge in [0, 0.05) is 59.1 Å². The van der Waals surface area contributed by atoms with Crippen LogP contribution in [-0.2, 0) is 4.79 Å². The molecule has 41 heavy (non-hydrogen) atoms. The number of hydrogen-bond acceptors (Lipinski definition) is 6. The van der Waals surface area contributed by atoms with Crippen molar-refractivity contribution in [3.05, 3.63) is 88.9 Å². The van der Waals surface area contributed by atoms with E-state index < -0.39 is 0 Å². The van der Waals surface area contributed by atoms with E-state index in [4.69, 9.17) is 4.74 Å². The maximum absolute atomic E-state index is 13.0. The maximum atomic E-state index is 13.0. The molecule has 212 valence electrons. The molecular weight excluding hydrogens is 602 g/mol. The smallest absolute Gasteiger partial charge is 0.254 e. The quantitative estimate of drug-likeness (QED) is 0.167. The lowest BCUT2D eigenvalue weighted by molar-refractivity contribution is -0.133. The summed E-state index contributed by atoms with van der Waals surface area (Å²) in [5.41, 5.74) is 2.57. The molecule has 0 N–H and O–H groups in total. The van der Waals surface area contributed by atoms with Crippen LogP contribution in [0.1, 0.15) is 30.1 Å². The third-order valence-electron chi connectivity index (χ3n) is 7.07. The Bertz CT molecular complexity index is 1500. The second-order valence-electron chi connectivity index (χ2n) is 9.86. The van der Waals surface area contributed by atoms with E-state index in [9.17, 15) is 9.59 Å². The molecule has 2 heterocycles. The zero-order chi connectivity index (χ0) is 28.8. The number of thioether (sulfide) groups is 1. The molecule has 1 fully saturated rings. The van der Waals surface area contributed by atoms with Crippen LogP contribution in [-0.4, -0.2) is 74.9 Å². The summed E-state index contributed by atoms with van der Waals surface area (Å²) in [4.78, 5) is 29.8. The van der Waals surface area contributed by atoms with Crippen molar-refractivity contribution >= 4 is 39.5 Å². The standard InChI is InChI=1S/C31H32BrN5O3S/c1-22-21-35(17-18-36(22)30(39)24-10-6-11-25(32)20-24)28(38)12-7-19-41-31-34-33-29(23-8-4-3-5-9-23)37(31)26-13-15-27(40-2)16-14-26/h3-6,8-11,13-16,20,22H,7,12,17-19,21H2,1-2H3. The molecule has 0 saturated carbocycles. The number of halogens is 1. The van der Waals surface area contributed by atoms with Gasteiger partial charge in [0.1, 0.15) is 5.75 Å². The Balaban J connectivity index is 1.18. The van der Waals surface area contributed by atoms with Crippen molar-refractivity contribution in [2.24, 2.45) is 0 Å². The summed E-state index contributed by atoms with van der Waals surface area (Å²) in [5, 5.41) is 9.76. The van der Waals surface area contributed by atoms with E-state index in [-0.39, 0.29) is 17.9 Å². The van der Waals surface area contributed by atoms with Gasteiger partial charge in [-0.1, -0.05) is 64.1 Å². The highest BCUT2D eigenvalue weighted by Gasteiger charge is 2.30. The molecule has 1 aliphatic rings. The number of hydrogen-bond donors (Lipinski definition) is 0. The fourth-order valence-corrected chi connectivity index (χ4v) is 6.21. The molecule has 5 rings (SSSR count). The van der Waals surface area contributed by atoms with Gasteiger partial charge in [-0.05, 0) is 55.8 Å². The Morgan fingerprint density at radius 2 is 1.78 bits per heavy atom. The Hall–Kier alpha value is -3.63. The Kier molecular flexibility index (Phi) is 9.41. The van der Waals surface area contributed by atoms with Crippen LogP contribution in [0.15, 0.2) is 88.5 Å². The molecule has 3 aromatic carbocycles. The molecule has 4 aromatic rings. The number of rotatable bonds is 9. The van der Waals surface area contributed by atoms with Crippen molar-refractivity contribution in [1.82, 2.24) is 24.6 Å². The minimum atomic E-state index is -0.0481. The van der Waals surface area contributed by atoms with E-state index in [2.05, 4.69) is 26.1 Å². The van der Waals surface area contributed by atoms with Crippen LogP contribution in [0.2, 0.25) is 0 Å². The highest BCUT2D eigenvalue weighted by atomic mass is 79.9. The normalized spacial score (nSPS) is 15.1. The van der Waals surface area contributed by atoms with E-state index in [1.807, 2.05) is 100 Å². The number of ether oxygens (including phenoxy) is 1. The van der Waals surface area contributed by atoms with Gasteiger partial charge >= 0.3 is 0 Å². The Morgan fingerprint density at radius 1 is 1.00 bits per heavy atom. The second-order valence-corrected chi connectivity index (χ2v) is 11.8. The van der Waals surface area contributed by atoms with E-state index in [1.165, 1.54) is 0 Å². The average Bonchev–Trinajstić information content (AvgIpc) is 3.43. The van der Waals surface area contributed by atoms with Gasteiger partial charge in [-0.3, -0.25) is 14.2 Å². The molecule has 0 aliphatic carbocycles. The fourth-order valence-electron chi connectivity index (χ4n) is 4.92. The SMILES string of the molecule is COc1ccc(-n2c(SCCCC(=O)N3CCN(C(=O)c4cccc(Br)c4)C(C)C3)nnc2-c2ccccc2)cc1. The summed E-state index contributed by atoms with van der Waals surface area (Å²) in [5.74, 6) is 2.39. The van der Waals surface area contributed by atoms with Crippen molar-refractivity contribution in [3.63, 3.8) is 0 Å². The van der Waals surface area contributed by atoms with Gasteiger partial charge in [0.15, 0.2) is 11.0 Å². The second kappa shape index (κ2) is 13.4. The topological polar surface area (TPSA) is 80.6 Å². The number of methoxy groups -OCH3 is 1. The summed E-state index contributed by atoms with van der Waals surface area (Å²) in [7, 11) is 1.65. The van der Waals surface area contributed by atoms with Gasteiger partial charge in [-0.25, -0.2) is 0 Å². The number of benzene rings is 3. The zero-order valence-corrected chi connectivity index (χ0v) is 25.5. The largest absolute Gasteiger partial charge is 0.497 e. The number of amides is 2. The minimum absolute atomic E-state index is 0.00172. The van der Waals surface area contributed by atoms with Crippen LogP contribution in [0.5, 0.6) is 5.75 Å². The summed E-state index contributed by atoms with van der Waals surface area (Å²) in [6.07, 6.45) is 1.16. The van der Waals surface area contributed by atoms with Gasteiger partial charge < -0.3 is 14.5 Å². The zero-order valence-electron chi connectivity index (χ0n) is 23.1. The van der Waals surface area contributed by atoms with Crippen LogP contribution in [0.3, 0.4) is 0 Å². The number of aromatic nitrogens is 3. The van der Waals surface area contributed by atoms with E-state index in [0.717, 1.165) is 38.2 Å². The predicted molar refractivity (Wildman–Crippen MR) is 165 cm³/mol. The van der Waals surface area contributed by atoms with Crippen LogP contribution < -0.4 is 4.74 Å². The van der Waals surface area contributed by atoms with Gasteiger partial charge in [0.25, 0.3) is 5.91 Å². The first-order valence-electron chi connectivity index (χ1n) is 13.6. The van der Waals surface area contributed by atoms with Crippen molar-refractivity contribution in [1.29, 1.82) is 0 Å². The molecule has 1 unspecified atom stereocenters. The molecule has 0 spiro atoms. The summed E-state index contributed by atoms with van der Waals surface area (Å²) in [6, 6.07) is 25.2. The van der Waals surface area contributed by atoms with Crippen LogP contribution in [0, 0.1) is 0 Å². The average molecular weight is 635 g/mol. The molecule has 1 saturated heterocycles. The van der Waals surface area contributed by atoms with Gasteiger partial charge in [-0.2, -0.15) is 0 Å². The molecular formula is C31H32BrN5O3S. The monoisotopic (exact) mass is 633 g/mol. The first kappa shape index (κ1) is 28.9. The Labute approximate surface area is 252 Å². The molecule has 0 radical (unpaired) electrons. The molecule has 1 atom stereocenters. The van der Waals surface area contributed by atoms with E-state index in [0.29, 0.717) is 38.0 Å². The number of carbonyl (C=O) groups excluding carboxylic acids is 2. The first-order valence-corrected chi connectivity index (χ1v) is 15.3. The van der Waals surface area contributed by atoms with E-state index >= 15 is 0 Å². The summed E-state index contributed by atoms with van der Waals surface area (Å²) in [6.45, 7) is 3.61. The lowest BCUT2D eigenvalue weighted by Crippen LogP contribution is -2.55. The Morgan fingerprint density at radius 3 is 2.49 bits per heavy atom. The van der Waals surface area contributed by atoms with Gasteiger partial charge in [0.2, 0.25) is 5.91 Å². The molecule has 1 aromatic heterocycles. The van der Waals surface area contributed by atoms with Crippen molar-refractivity contribution < 1.29 is 14.3 Å². The summed E-state index contributed by atoms with van der Waals surface area (Å²) >= 11 is 5.03. The third-order valence-corrected chi connectivity index (χ3v) is 8.58. The van der Waals surface area contributed by atoms with Crippen LogP contribution in [0.4, 0.5) is 0 Å². The van der Waals surface area contributed by atoms with Gasteiger partial charge in [0.05, 0.1) is 7.11 Å². The maximum Gasteiger partial charge on any atom is 0.254 e. The number of nitrogens with zero attached hydrogens (tertiary/aromatic N) is 5. The minimum Gasteiger partial charge on any atom is -0.497 e. The molecule has 1 aliphatic heterocycles. The predicted octanol–water partition coefficient (Wildman–Crippen LogP) is 5.95. The third kappa shape index (κ3) is 6.82. The number of carbonyl (C=O) groups is 2. The van der Waals surface area contributed by atoms with Crippen molar-refractivity contribution in [2.75, 3.05) is 32.5 Å². The molecule has 10 heteroatoms. The van der Waals surface area contributed by atoms with Gasteiger partial charge in [-0.15, -0.1) is 10.2 Å². The number of piperazine rings is 1. The fraction of sp³-hybridized carbons (Fsp3) is 0.290. The van der Waals surface area contributed by atoms with Crippen molar-refractivity contribution in [2.45, 2.75) is 31.0 Å². The summed E-state index contributed by atoms with van der Waals surface area (Å²) < 4.78 is 8.25. The lowest BCUT2D eigenvalue weighted by Gasteiger charge is -2.40. The van der Waals surface area contributed by atoms with E-state index in [1.54, 1.807) is 18.9 Å². The molecule has 0 bridgehead atoms. The highest BCUT2D eigenvalue weighted by Crippen LogP contribution is 2.29. The van der Waals surface area contributed by atoms with Crippen molar-refractivity contribution in [3.8, 4) is 22.8 Å².